The fourth-order valence-corrected chi connectivity index (χ4v) is 3.00. The van der Waals surface area contributed by atoms with Crippen molar-refractivity contribution in [2.24, 2.45) is 0 Å². The molecule has 0 aliphatic carbocycles. The minimum absolute atomic E-state index is 0. The molecule has 1 unspecified atom stereocenters. The zero-order valence-electron chi connectivity index (χ0n) is 18.4. The number of unbranched alkanes of at least 4 members (excludes halogenated alkanes) is 8. The summed E-state index contributed by atoms with van der Waals surface area (Å²) in [6.07, 6.45) is 8.61. The van der Waals surface area contributed by atoms with Gasteiger partial charge in [-0.25, -0.2) is 0 Å². The summed E-state index contributed by atoms with van der Waals surface area (Å²) in [4.78, 5) is 21.8. The van der Waals surface area contributed by atoms with Gasteiger partial charge >= 0.3 is 81.2 Å². The van der Waals surface area contributed by atoms with Crippen LogP contribution < -0.4 is 59.1 Å². The van der Waals surface area contributed by atoms with Crippen molar-refractivity contribution in [3.05, 3.63) is 0 Å². The first-order chi connectivity index (χ1) is 11.3. The second kappa shape index (κ2) is 19.2. The predicted octanol–water partition coefficient (Wildman–Crippen LogP) is -2.24. The number of rotatable bonds is 15. The first-order valence-corrected chi connectivity index (χ1v) is 10.1. The van der Waals surface area contributed by atoms with Gasteiger partial charge in [0, 0.05) is 6.42 Å². The van der Waals surface area contributed by atoms with E-state index in [1.165, 1.54) is 25.7 Å². The second-order valence-electron chi connectivity index (χ2n) is 5.95. The quantitative estimate of drug-likeness (QED) is 0.135. The van der Waals surface area contributed by atoms with Crippen LogP contribution in [0.3, 0.4) is 0 Å². The zero-order valence-corrected chi connectivity index (χ0v) is 21.2. The number of carbonyl (C=O) groups is 2. The molecule has 2 N–H and O–H groups in total. The van der Waals surface area contributed by atoms with Crippen LogP contribution >= 0.6 is 0 Å². The summed E-state index contributed by atoms with van der Waals surface area (Å²) < 4.78 is 36.3. The summed E-state index contributed by atoms with van der Waals surface area (Å²) in [6.45, 7) is 2.17. The molecule has 0 spiro atoms. The largest absolute Gasteiger partial charge is 1.00 e. The first kappa shape index (κ1) is 31.5. The van der Waals surface area contributed by atoms with Gasteiger partial charge in [-0.05, 0) is 6.42 Å². The summed E-state index contributed by atoms with van der Waals surface area (Å²) in [7, 11) is -4.50. The predicted molar refractivity (Wildman–Crippen MR) is 92.4 cm³/mol. The van der Waals surface area contributed by atoms with Crippen molar-refractivity contribution in [3.8, 4) is 0 Å². The summed E-state index contributed by atoms with van der Waals surface area (Å²) in [5, 5.41) is 8.47. The Morgan fingerprint density at radius 3 is 1.81 bits per heavy atom. The van der Waals surface area contributed by atoms with E-state index in [1.807, 2.05) is 0 Å². The Labute approximate surface area is 204 Å². The van der Waals surface area contributed by atoms with Gasteiger partial charge in [0.05, 0.1) is 12.8 Å². The molecular weight excluding hydrogens is 382 g/mol. The molecule has 0 aromatic rings. The fourth-order valence-electron chi connectivity index (χ4n) is 2.30. The Hall–Kier alpha value is 0.850. The monoisotopic (exact) mass is 414 g/mol. The van der Waals surface area contributed by atoms with Gasteiger partial charge in [0.2, 0.25) is 5.44 Å². The molecule has 0 aromatic carbocycles. The average Bonchev–Trinajstić information content (AvgIpc) is 2.49. The van der Waals surface area contributed by atoms with E-state index in [2.05, 4.69) is 6.92 Å². The molecule has 0 fully saturated rings. The molecular formula is C16H32Na2O7S. The summed E-state index contributed by atoms with van der Waals surface area (Å²) in [6, 6.07) is 0. The van der Waals surface area contributed by atoms with Crippen LogP contribution in [0.25, 0.3) is 0 Å². The second-order valence-corrected chi connectivity index (χ2v) is 7.50. The number of carboxylic acids is 1. The van der Waals surface area contributed by atoms with Crippen LogP contribution in [0.1, 0.15) is 86.8 Å². The molecule has 0 aliphatic heterocycles. The molecule has 10 heteroatoms. The number of ether oxygens (including phenoxy) is 1. The van der Waals surface area contributed by atoms with E-state index in [-0.39, 0.29) is 68.4 Å². The van der Waals surface area contributed by atoms with Crippen LogP contribution in [0.2, 0.25) is 0 Å². The Bertz CT molecular complexity index is 480. The van der Waals surface area contributed by atoms with Crippen molar-refractivity contribution in [2.45, 2.75) is 89.4 Å². The topological polar surface area (TPSA) is 118 Å². The molecule has 1 atom stereocenters. The number of aliphatic carboxylic acids is 1. The number of esters is 1. The van der Waals surface area contributed by atoms with Crippen molar-refractivity contribution in [1.29, 1.82) is 0 Å². The molecule has 0 aromatic heterocycles. The molecule has 0 amide bonds. The van der Waals surface area contributed by atoms with E-state index < -0.39 is 40.3 Å². The van der Waals surface area contributed by atoms with E-state index >= 15 is 0 Å². The Morgan fingerprint density at radius 1 is 0.923 bits per heavy atom. The van der Waals surface area contributed by atoms with Gasteiger partial charge in [0.15, 0.2) is 0 Å². The van der Waals surface area contributed by atoms with Crippen LogP contribution in [0.15, 0.2) is 0 Å². The zero-order chi connectivity index (χ0) is 18.4. The fraction of sp³-hybridized carbons (Fsp3) is 0.875. The van der Waals surface area contributed by atoms with Gasteiger partial charge < -0.3 is 12.7 Å². The van der Waals surface area contributed by atoms with Crippen LogP contribution in [0.5, 0.6) is 0 Å². The molecule has 0 radical (unpaired) electrons. The molecule has 0 aliphatic rings. The van der Waals surface area contributed by atoms with Crippen LogP contribution in [-0.4, -0.2) is 35.5 Å². The van der Waals surface area contributed by atoms with Gasteiger partial charge in [-0.2, -0.15) is 8.42 Å². The normalized spacial score (nSPS) is 11.8. The van der Waals surface area contributed by atoms with E-state index in [1.54, 1.807) is 0 Å². The van der Waals surface area contributed by atoms with E-state index in [4.69, 9.17) is 14.4 Å². The SMILES string of the molecule is CCCCCCCCCCCC(OC(=O)CCC(=O)O)S(=O)(=O)O.[H-].[H-].[Na+].[Na+]. The molecule has 0 bridgehead atoms. The van der Waals surface area contributed by atoms with Gasteiger partial charge in [0.1, 0.15) is 0 Å². The van der Waals surface area contributed by atoms with Crippen molar-refractivity contribution in [3.63, 3.8) is 0 Å². The third-order valence-corrected chi connectivity index (χ3v) is 4.68. The number of carbonyl (C=O) groups excluding carboxylic acids is 1. The van der Waals surface area contributed by atoms with Crippen LogP contribution in [-0.2, 0) is 24.4 Å². The van der Waals surface area contributed by atoms with E-state index in [0.717, 1.165) is 25.7 Å². The van der Waals surface area contributed by atoms with Gasteiger partial charge in [-0.15, -0.1) is 0 Å². The molecule has 0 saturated heterocycles. The van der Waals surface area contributed by atoms with Gasteiger partial charge in [0.25, 0.3) is 0 Å². The Kier molecular flexibility index (Phi) is 23.3. The molecule has 146 valence electrons. The number of hydrogen-bond acceptors (Lipinski definition) is 5. The van der Waals surface area contributed by atoms with Crippen LogP contribution in [0.4, 0.5) is 0 Å². The average molecular weight is 414 g/mol. The molecule has 0 saturated carbocycles. The number of hydrogen-bond donors (Lipinski definition) is 2. The first-order valence-electron chi connectivity index (χ1n) is 8.65. The van der Waals surface area contributed by atoms with Gasteiger partial charge in [-0.1, -0.05) is 58.3 Å². The standard InChI is InChI=1S/C16H30O7S.2Na.2H/c1-2-3-4-5-6-7-8-9-10-11-16(24(20,21)22)23-15(19)13-12-14(17)18;;;;/h16H,2-13H2,1H3,(H,17,18)(H,20,21,22);;;;/q;2*+1;2*-1. The maximum absolute atomic E-state index is 11.4. The van der Waals surface area contributed by atoms with Gasteiger partial charge in [-0.3, -0.25) is 14.1 Å². The molecule has 26 heavy (non-hydrogen) atoms. The Morgan fingerprint density at radius 2 is 1.38 bits per heavy atom. The summed E-state index contributed by atoms with van der Waals surface area (Å²) in [5.74, 6) is -2.11. The minimum Gasteiger partial charge on any atom is -1.00 e. The maximum Gasteiger partial charge on any atom is 1.00 e. The van der Waals surface area contributed by atoms with Crippen molar-refractivity contribution in [2.75, 3.05) is 0 Å². The summed E-state index contributed by atoms with van der Waals surface area (Å²) >= 11 is 0. The van der Waals surface area contributed by atoms with E-state index in [9.17, 15) is 18.0 Å². The minimum atomic E-state index is -4.50. The van der Waals surface area contributed by atoms with E-state index in [0.29, 0.717) is 6.42 Å². The molecule has 7 nitrogen and oxygen atoms in total. The maximum atomic E-state index is 11.4. The van der Waals surface area contributed by atoms with Crippen molar-refractivity contribution < 1.29 is 94.4 Å². The molecule has 0 heterocycles. The smallest absolute Gasteiger partial charge is 1.00 e. The summed E-state index contributed by atoms with van der Waals surface area (Å²) in [5.41, 5.74) is -1.61. The van der Waals surface area contributed by atoms with Crippen LogP contribution in [0, 0.1) is 0 Å². The molecule has 0 rings (SSSR count). The number of carboxylic acid groups (broad SMARTS) is 1. The third kappa shape index (κ3) is 19.6. The Balaban J connectivity index is -0.000000441. The van der Waals surface area contributed by atoms with Crippen molar-refractivity contribution in [1.82, 2.24) is 0 Å². The van der Waals surface area contributed by atoms with Crippen molar-refractivity contribution >= 4 is 22.1 Å². The third-order valence-electron chi connectivity index (χ3n) is 3.68.